The Morgan fingerprint density at radius 1 is 0.947 bits per heavy atom. The van der Waals surface area contributed by atoms with Crippen molar-refractivity contribution in [1.29, 1.82) is 0 Å². The molecule has 0 aromatic heterocycles. The Morgan fingerprint density at radius 3 is 2.37 bits per heavy atom. The normalized spacial score (nSPS) is 10.7. The van der Waals surface area contributed by atoms with Crippen molar-refractivity contribution in [2.45, 2.75) is 12.8 Å². The predicted octanol–water partition coefficient (Wildman–Crippen LogP) is 3.57. The van der Waals surface area contributed by atoms with Gasteiger partial charge < -0.3 is 5.11 Å². The maximum absolute atomic E-state index is 10.6. The van der Waals surface area contributed by atoms with Crippen molar-refractivity contribution in [2.75, 3.05) is 0 Å². The maximum Gasteiger partial charge on any atom is 0.328 e. The fraction of sp³-hybridized carbons (Fsp3) is 0.118. The van der Waals surface area contributed by atoms with Gasteiger partial charge in [-0.05, 0) is 35.6 Å². The molecule has 2 aromatic rings. The van der Waals surface area contributed by atoms with Crippen LogP contribution < -0.4 is 0 Å². The van der Waals surface area contributed by atoms with Gasteiger partial charge in [-0.15, -0.1) is 0 Å². The Hall–Kier alpha value is -2.35. The van der Waals surface area contributed by atoms with E-state index in [1.165, 1.54) is 17.2 Å². The molecule has 0 amide bonds. The van der Waals surface area contributed by atoms with E-state index in [1.54, 1.807) is 6.08 Å². The summed E-state index contributed by atoms with van der Waals surface area (Å²) in [4.78, 5) is 10.6. The lowest BCUT2D eigenvalue weighted by atomic mass is 9.99. The van der Waals surface area contributed by atoms with Crippen LogP contribution in [0.5, 0.6) is 0 Å². The minimum absolute atomic E-state index is 0.907. The van der Waals surface area contributed by atoms with Crippen LogP contribution in [0.2, 0.25) is 0 Å². The van der Waals surface area contributed by atoms with Crippen molar-refractivity contribution in [2.24, 2.45) is 0 Å². The molecule has 0 unspecified atom stereocenters. The molecule has 0 aliphatic carbocycles. The van der Waals surface area contributed by atoms with Crippen LogP contribution in [0, 0.1) is 0 Å². The average molecular weight is 252 g/mol. The molecule has 0 aliphatic rings. The number of carbonyl (C=O) groups is 1. The molecule has 2 nitrogen and oxygen atoms in total. The smallest absolute Gasteiger partial charge is 0.328 e. The van der Waals surface area contributed by atoms with Gasteiger partial charge in [-0.1, -0.05) is 54.6 Å². The molecule has 0 aliphatic heterocycles. The quantitative estimate of drug-likeness (QED) is 0.826. The summed E-state index contributed by atoms with van der Waals surface area (Å²) in [5.41, 5.74) is 3.43. The highest BCUT2D eigenvalue weighted by Crippen LogP contribution is 2.14. The molecular weight excluding hydrogens is 236 g/mol. The first-order valence-electron chi connectivity index (χ1n) is 6.28. The topological polar surface area (TPSA) is 37.3 Å². The zero-order chi connectivity index (χ0) is 13.5. The first-order chi connectivity index (χ1) is 9.25. The Kier molecular flexibility index (Phi) is 4.51. The minimum Gasteiger partial charge on any atom is -0.478 e. The summed E-state index contributed by atoms with van der Waals surface area (Å²) < 4.78 is 0. The summed E-state index contributed by atoms with van der Waals surface area (Å²) >= 11 is 0. The Bertz CT molecular complexity index is 571. The van der Waals surface area contributed by atoms with Gasteiger partial charge in [0.1, 0.15) is 0 Å². The lowest BCUT2D eigenvalue weighted by Gasteiger charge is -2.06. The highest BCUT2D eigenvalue weighted by molar-refractivity contribution is 5.85. The van der Waals surface area contributed by atoms with Gasteiger partial charge in [0.05, 0.1) is 0 Å². The summed E-state index contributed by atoms with van der Waals surface area (Å²) in [7, 11) is 0. The summed E-state index contributed by atoms with van der Waals surface area (Å²) in [6, 6.07) is 18.2. The zero-order valence-electron chi connectivity index (χ0n) is 10.6. The number of carboxylic acid groups (broad SMARTS) is 1. The van der Waals surface area contributed by atoms with Crippen molar-refractivity contribution < 1.29 is 9.90 Å². The molecule has 1 N–H and O–H groups in total. The number of aliphatic carboxylic acids is 1. The lowest BCUT2D eigenvalue weighted by Crippen LogP contribution is -1.94. The highest BCUT2D eigenvalue weighted by Gasteiger charge is 2.00. The first-order valence-corrected chi connectivity index (χ1v) is 6.28. The van der Waals surface area contributed by atoms with Crippen molar-refractivity contribution in [3.63, 3.8) is 0 Å². The number of hydrogen-bond donors (Lipinski definition) is 1. The molecule has 2 aromatic carbocycles. The Balaban J connectivity index is 2.10. The van der Waals surface area contributed by atoms with E-state index in [2.05, 4.69) is 12.1 Å². The van der Waals surface area contributed by atoms with Crippen LogP contribution in [0.4, 0.5) is 0 Å². The Morgan fingerprint density at radius 2 is 1.63 bits per heavy atom. The van der Waals surface area contributed by atoms with Crippen LogP contribution in [0.25, 0.3) is 6.08 Å². The first kappa shape index (κ1) is 13.1. The number of benzene rings is 2. The van der Waals surface area contributed by atoms with Gasteiger partial charge in [-0.25, -0.2) is 4.79 Å². The Labute approximate surface area is 113 Å². The van der Waals surface area contributed by atoms with Crippen molar-refractivity contribution in [1.82, 2.24) is 0 Å². The van der Waals surface area contributed by atoms with Crippen LogP contribution in [0.3, 0.4) is 0 Å². The van der Waals surface area contributed by atoms with Gasteiger partial charge in [-0.3, -0.25) is 0 Å². The number of aryl methyl sites for hydroxylation is 2. The van der Waals surface area contributed by atoms with E-state index in [-0.39, 0.29) is 0 Å². The molecule has 0 saturated carbocycles. The second-order valence-electron chi connectivity index (χ2n) is 4.36. The lowest BCUT2D eigenvalue weighted by molar-refractivity contribution is -0.131. The molecule has 0 atom stereocenters. The van der Waals surface area contributed by atoms with Gasteiger partial charge in [0.15, 0.2) is 0 Å². The summed E-state index contributed by atoms with van der Waals surface area (Å²) in [6.45, 7) is 0. The molecule has 2 rings (SSSR count). The van der Waals surface area contributed by atoms with Crippen molar-refractivity contribution in [3.05, 3.63) is 77.4 Å². The standard InChI is InChI=1S/C17H16O2/c18-17(19)13-12-16-9-5-4-8-15(16)11-10-14-6-2-1-3-7-14/h1-9,12-13H,10-11H2,(H,18,19). The van der Waals surface area contributed by atoms with E-state index in [4.69, 9.17) is 5.11 Å². The largest absolute Gasteiger partial charge is 0.478 e. The van der Waals surface area contributed by atoms with Gasteiger partial charge in [0.25, 0.3) is 0 Å². The van der Waals surface area contributed by atoms with E-state index in [9.17, 15) is 4.79 Å². The summed E-state index contributed by atoms with van der Waals surface area (Å²) in [6.07, 6.45) is 4.70. The summed E-state index contributed by atoms with van der Waals surface area (Å²) in [5, 5.41) is 8.69. The van der Waals surface area contributed by atoms with Crippen molar-refractivity contribution in [3.8, 4) is 0 Å². The molecule has 0 spiro atoms. The van der Waals surface area contributed by atoms with E-state index >= 15 is 0 Å². The fourth-order valence-electron chi connectivity index (χ4n) is 2.01. The molecule has 96 valence electrons. The predicted molar refractivity (Wildman–Crippen MR) is 77.0 cm³/mol. The van der Waals surface area contributed by atoms with Crippen LogP contribution >= 0.6 is 0 Å². The van der Waals surface area contributed by atoms with Crippen LogP contribution in [-0.4, -0.2) is 11.1 Å². The van der Waals surface area contributed by atoms with Gasteiger partial charge in [-0.2, -0.15) is 0 Å². The van der Waals surface area contributed by atoms with Crippen molar-refractivity contribution >= 4 is 12.0 Å². The molecule has 0 fully saturated rings. The third kappa shape index (κ3) is 4.11. The maximum atomic E-state index is 10.6. The molecular formula is C17H16O2. The van der Waals surface area contributed by atoms with E-state index < -0.39 is 5.97 Å². The number of hydrogen-bond acceptors (Lipinski definition) is 1. The molecule has 0 bridgehead atoms. The van der Waals surface area contributed by atoms with E-state index in [0.29, 0.717) is 0 Å². The van der Waals surface area contributed by atoms with Gasteiger partial charge >= 0.3 is 5.97 Å². The summed E-state index contributed by atoms with van der Waals surface area (Å²) in [5.74, 6) is -0.919. The molecule has 2 heteroatoms. The monoisotopic (exact) mass is 252 g/mol. The molecule has 0 saturated heterocycles. The second kappa shape index (κ2) is 6.55. The SMILES string of the molecule is O=C(O)C=Cc1ccccc1CCc1ccccc1. The average Bonchev–Trinajstić information content (AvgIpc) is 2.45. The number of rotatable bonds is 5. The molecule has 19 heavy (non-hydrogen) atoms. The van der Waals surface area contributed by atoms with Crippen LogP contribution in [0.15, 0.2) is 60.7 Å². The van der Waals surface area contributed by atoms with Gasteiger partial charge in [0.2, 0.25) is 0 Å². The minimum atomic E-state index is -0.919. The zero-order valence-corrected chi connectivity index (χ0v) is 10.6. The second-order valence-corrected chi connectivity index (χ2v) is 4.36. The fourth-order valence-corrected chi connectivity index (χ4v) is 2.01. The third-order valence-corrected chi connectivity index (χ3v) is 2.99. The van der Waals surface area contributed by atoms with E-state index in [0.717, 1.165) is 18.4 Å². The number of carboxylic acids is 1. The highest BCUT2D eigenvalue weighted by atomic mass is 16.4. The third-order valence-electron chi connectivity index (χ3n) is 2.99. The van der Waals surface area contributed by atoms with Crippen LogP contribution in [-0.2, 0) is 17.6 Å². The van der Waals surface area contributed by atoms with Crippen LogP contribution in [0.1, 0.15) is 16.7 Å². The molecule has 0 radical (unpaired) electrons. The van der Waals surface area contributed by atoms with Gasteiger partial charge in [0, 0.05) is 6.08 Å². The molecule has 0 heterocycles. The van der Waals surface area contributed by atoms with E-state index in [1.807, 2.05) is 42.5 Å².